The van der Waals surface area contributed by atoms with Gasteiger partial charge in [0.15, 0.2) is 0 Å². The van der Waals surface area contributed by atoms with Crippen molar-refractivity contribution in [2.45, 2.75) is 26.3 Å². The van der Waals surface area contributed by atoms with Crippen LogP contribution in [0.2, 0.25) is 0 Å². The number of aryl methyl sites for hydroxylation is 1. The summed E-state index contributed by atoms with van der Waals surface area (Å²) in [4.78, 5) is 6.81. The maximum absolute atomic E-state index is 4.59. The summed E-state index contributed by atoms with van der Waals surface area (Å²) in [5.41, 5.74) is 2.11. The van der Waals surface area contributed by atoms with Crippen molar-refractivity contribution >= 4 is 11.6 Å². The minimum Gasteiger partial charge on any atom is -0.326 e. The molecule has 0 saturated carbocycles. The van der Waals surface area contributed by atoms with Crippen LogP contribution in [0.4, 0.5) is 11.6 Å². The van der Waals surface area contributed by atoms with Gasteiger partial charge in [-0.3, -0.25) is 0 Å². The number of hydrogen-bond acceptors (Lipinski definition) is 3. The largest absolute Gasteiger partial charge is 0.326 e. The Kier molecular flexibility index (Phi) is 4.79. The quantitative estimate of drug-likeness (QED) is 0.874. The number of aromatic nitrogens is 2. The molecule has 1 aromatic carbocycles. The van der Waals surface area contributed by atoms with Crippen molar-refractivity contribution in [3.8, 4) is 0 Å². The van der Waals surface area contributed by atoms with Crippen molar-refractivity contribution in [2.75, 3.05) is 26.0 Å². The van der Waals surface area contributed by atoms with Gasteiger partial charge in [-0.15, -0.1) is 0 Å². The highest BCUT2D eigenvalue weighted by Gasteiger charge is 2.12. The van der Waals surface area contributed by atoms with Crippen LogP contribution in [0, 0.1) is 6.92 Å². The molecule has 0 aliphatic heterocycles. The molecule has 0 aliphatic carbocycles. The Bertz CT molecular complexity index is 531. The first-order valence-electron chi connectivity index (χ1n) is 7.08. The Morgan fingerprint density at radius 1 is 1.25 bits per heavy atom. The number of para-hydroxylation sites is 1. The van der Waals surface area contributed by atoms with E-state index < -0.39 is 0 Å². The summed E-state index contributed by atoms with van der Waals surface area (Å²) in [6.45, 7) is 5.34. The van der Waals surface area contributed by atoms with Crippen LogP contribution in [-0.4, -0.2) is 35.1 Å². The van der Waals surface area contributed by atoms with Crippen LogP contribution in [0.5, 0.6) is 0 Å². The van der Waals surface area contributed by atoms with E-state index in [1.165, 1.54) is 0 Å². The van der Waals surface area contributed by atoms with Crippen LogP contribution in [0.1, 0.15) is 25.1 Å². The molecule has 1 atom stereocenters. The summed E-state index contributed by atoms with van der Waals surface area (Å²) >= 11 is 0. The minimum absolute atomic E-state index is 0.421. The Morgan fingerprint density at radius 2 is 1.95 bits per heavy atom. The van der Waals surface area contributed by atoms with Crippen molar-refractivity contribution in [1.82, 2.24) is 14.5 Å². The lowest BCUT2D eigenvalue weighted by molar-refractivity contribution is 0.359. The molecule has 2 aromatic rings. The van der Waals surface area contributed by atoms with E-state index in [9.17, 15) is 0 Å². The fourth-order valence-electron chi connectivity index (χ4n) is 2.18. The van der Waals surface area contributed by atoms with Crippen molar-refractivity contribution in [2.24, 2.45) is 0 Å². The highest BCUT2D eigenvalue weighted by molar-refractivity contribution is 5.53. The second kappa shape index (κ2) is 6.57. The van der Waals surface area contributed by atoms with E-state index in [1.807, 2.05) is 25.1 Å². The lowest BCUT2D eigenvalue weighted by Crippen LogP contribution is -2.18. The van der Waals surface area contributed by atoms with Gasteiger partial charge in [0.2, 0.25) is 5.95 Å². The summed E-state index contributed by atoms with van der Waals surface area (Å²) in [6, 6.07) is 10.6. The Labute approximate surface area is 121 Å². The topological polar surface area (TPSA) is 33.1 Å². The highest BCUT2D eigenvalue weighted by Crippen LogP contribution is 2.22. The second-order valence-electron chi connectivity index (χ2n) is 5.55. The van der Waals surface area contributed by atoms with Gasteiger partial charge < -0.3 is 14.8 Å². The van der Waals surface area contributed by atoms with E-state index in [1.54, 1.807) is 0 Å². The molecule has 1 unspecified atom stereocenters. The minimum atomic E-state index is 0.421. The zero-order chi connectivity index (χ0) is 14.5. The molecule has 0 amide bonds. The molecule has 0 radical (unpaired) electrons. The molecule has 20 heavy (non-hydrogen) atoms. The zero-order valence-electron chi connectivity index (χ0n) is 12.8. The molecule has 4 heteroatoms. The predicted octanol–water partition coefficient (Wildman–Crippen LogP) is 3.45. The SMILES string of the molecule is Cc1cn(C(C)CCN(C)C)c(Nc2ccccc2)n1. The maximum atomic E-state index is 4.59. The van der Waals surface area contributed by atoms with Gasteiger partial charge in [0.05, 0.1) is 5.69 Å². The first-order chi connectivity index (χ1) is 9.56. The monoisotopic (exact) mass is 272 g/mol. The molecular formula is C16H24N4. The number of nitrogens with zero attached hydrogens (tertiary/aromatic N) is 3. The van der Waals surface area contributed by atoms with Crippen LogP contribution >= 0.6 is 0 Å². The normalized spacial score (nSPS) is 12.7. The van der Waals surface area contributed by atoms with Gasteiger partial charge in [0.25, 0.3) is 0 Å². The number of imidazole rings is 1. The van der Waals surface area contributed by atoms with E-state index in [0.717, 1.165) is 30.3 Å². The molecule has 4 nitrogen and oxygen atoms in total. The fraction of sp³-hybridized carbons (Fsp3) is 0.438. The Balaban J connectivity index is 2.13. The van der Waals surface area contributed by atoms with E-state index in [2.05, 4.69) is 59.1 Å². The van der Waals surface area contributed by atoms with Crippen LogP contribution in [0.3, 0.4) is 0 Å². The van der Waals surface area contributed by atoms with E-state index in [0.29, 0.717) is 6.04 Å². The molecule has 108 valence electrons. The summed E-state index contributed by atoms with van der Waals surface area (Å²) in [5, 5.41) is 3.40. The van der Waals surface area contributed by atoms with E-state index in [-0.39, 0.29) is 0 Å². The molecule has 2 rings (SSSR count). The summed E-state index contributed by atoms with van der Waals surface area (Å²) in [6.07, 6.45) is 3.22. The van der Waals surface area contributed by atoms with Gasteiger partial charge in [-0.05, 0) is 53.0 Å². The maximum Gasteiger partial charge on any atom is 0.207 e. The third kappa shape index (κ3) is 3.84. The first kappa shape index (κ1) is 14.6. The van der Waals surface area contributed by atoms with E-state index in [4.69, 9.17) is 0 Å². The smallest absolute Gasteiger partial charge is 0.207 e. The van der Waals surface area contributed by atoms with Crippen LogP contribution < -0.4 is 5.32 Å². The summed E-state index contributed by atoms with van der Waals surface area (Å²) < 4.78 is 2.23. The molecule has 1 aromatic heterocycles. The standard InChI is InChI=1S/C16H24N4/c1-13-12-20(14(2)10-11-19(3)4)16(17-13)18-15-8-6-5-7-9-15/h5-9,12,14H,10-11H2,1-4H3,(H,17,18). The first-order valence-corrected chi connectivity index (χ1v) is 7.08. The third-order valence-electron chi connectivity index (χ3n) is 3.35. The molecule has 0 spiro atoms. The van der Waals surface area contributed by atoms with Crippen LogP contribution in [0.15, 0.2) is 36.5 Å². The fourth-order valence-corrected chi connectivity index (χ4v) is 2.18. The highest BCUT2D eigenvalue weighted by atomic mass is 15.2. The van der Waals surface area contributed by atoms with Crippen molar-refractivity contribution in [1.29, 1.82) is 0 Å². The molecular weight excluding hydrogens is 248 g/mol. The molecule has 0 aliphatic rings. The summed E-state index contributed by atoms with van der Waals surface area (Å²) in [5.74, 6) is 0.917. The Morgan fingerprint density at radius 3 is 2.60 bits per heavy atom. The third-order valence-corrected chi connectivity index (χ3v) is 3.35. The number of benzene rings is 1. The van der Waals surface area contributed by atoms with Crippen molar-refractivity contribution < 1.29 is 0 Å². The lowest BCUT2D eigenvalue weighted by Gasteiger charge is -2.19. The van der Waals surface area contributed by atoms with Crippen molar-refractivity contribution in [3.63, 3.8) is 0 Å². The molecule has 0 fully saturated rings. The number of nitrogens with one attached hydrogen (secondary N) is 1. The number of hydrogen-bond donors (Lipinski definition) is 1. The van der Waals surface area contributed by atoms with Crippen LogP contribution in [-0.2, 0) is 0 Å². The Hall–Kier alpha value is -1.81. The average molecular weight is 272 g/mol. The average Bonchev–Trinajstić information content (AvgIpc) is 2.78. The van der Waals surface area contributed by atoms with Crippen molar-refractivity contribution in [3.05, 3.63) is 42.2 Å². The molecule has 0 bridgehead atoms. The van der Waals surface area contributed by atoms with Gasteiger partial charge in [0.1, 0.15) is 0 Å². The van der Waals surface area contributed by atoms with Gasteiger partial charge in [-0.25, -0.2) is 4.98 Å². The summed E-state index contributed by atoms with van der Waals surface area (Å²) in [7, 11) is 4.21. The molecule has 0 saturated heterocycles. The number of anilines is 2. The molecule has 1 N–H and O–H groups in total. The van der Waals surface area contributed by atoms with E-state index >= 15 is 0 Å². The second-order valence-corrected chi connectivity index (χ2v) is 5.55. The van der Waals surface area contributed by atoms with Crippen LogP contribution in [0.25, 0.3) is 0 Å². The molecule has 1 heterocycles. The zero-order valence-corrected chi connectivity index (χ0v) is 12.8. The lowest BCUT2D eigenvalue weighted by atomic mass is 10.2. The van der Waals surface area contributed by atoms with Gasteiger partial charge in [0, 0.05) is 17.9 Å². The van der Waals surface area contributed by atoms with Gasteiger partial charge in [-0.1, -0.05) is 18.2 Å². The van der Waals surface area contributed by atoms with Gasteiger partial charge in [-0.2, -0.15) is 0 Å². The predicted molar refractivity (Wildman–Crippen MR) is 84.6 cm³/mol. The number of rotatable bonds is 6. The van der Waals surface area contributed by atoms with Gasteiger partial charge >= 0.3 is 0 Å².